The molecule has 2 aromatic heterocycles. The summed E-state index contributed by atoms with van der Waals surface area (Å²) in [7, 11) is 3.00. The molecule has 2 aliphatic rings. The van der Waals surface area contributed by atoms with Crippen LogP contribution in [0.2, 0.25) is 0 Å². The molecule has 1 aliphatic heterocycles. The highest BCUT2D eigenvalue weighted by molar-refractivity contribution is 6.00. The number of nitrogens with zero attached hydrogens (tertiary/aromatic N) is 5. The van der Waals surface area contributed by atoms with Crippen molar-refractivity contribution in [3.05, 3.63) is 48.0 Å². The summed E-state index contributed by atoms with van der Waals surface area (Å²) in [6, 6.07) is 6.92. The quantitative estimate of drug-likeness (QED) is 0.391. The second-order valence-corrected chi connectivity index (χ2v) is 9.04. The molecule has 0 spiro atoms. The third-order valence-corrected chi connectivity index (χ3v) is 6.37. The first-order valence-electron chi connectivity index (χ1n) is 12.5. The maximum Gasteiger partial charge on any atom is 0.274 e. The van der Waals surface area contributed by atoms with Crippen molar-refractivity contribution in [3.63, 3.8) is 0 Å². The molecule has 13 heteroatoms. The number of rotatable bonds is 8. The summed E-state index contributed by atoms with van der Waals surface area (Å²) in [6.45, 7) is 2.02. The number of hydrogen-bond acceptors (Lipinski definition) is 10. The number of para-hydroxylation sites is 1. The number of ether oxygens (including phenoxy) is 2. The van der Waals surface area contributed by atoms with E-state index in [1.54, 1.807) is 23.1 Å². The lowest BCUT2D eigenvalue weighted by Crippen LogP contribution is -2.41. The summed E-state index contributed by atoms with van der Waals surface area (Å²) in [6.07, 6.45) is 4.65. The molecule has 0 unspecified atom stereocenters. The number of anilines is 3. The highest BCUT2D eigenvalue weighted by Crippen LogP contribution is 2.37. The maximum absolute atomic E-state index is 12.7. The van der Waals surface area contributed by atoms with Gasteiger partial charge in [-0.25, -0.2) is 4.98 Å². The van der Waals surface area contributed by atoms with Gasteiger partial charge in [0.05, 0.1) is 49.8 Å². The minimum Gasteiger partial charge on any atom is -0.494 e. The third-order valence-electron chi connectivity index (χ3n) is 6.37. The summed E-state index contributed by atoms with van der Waals surface area (Å²) < 4.78 is 11.0. The van der Waals surface area contributed by atoms with Gasteiger partial charge in [-0.2, -0.15) is 0 Å². The Morgan fingerprint density at radius 1 is 1.05 bits per heavy atom. The second kappa shape index (κ2) is 11.4. The molecular formula is C26H28N8O5. The zero-order valence-electron chi connectivity index (χ0n) is 21.6. The normalized spacial score (nSPS) is 14.9. The Morgan fingerprint density at radius 3 is 2.51 bits per heavy atom. The molecule has 1 saturated carbocycles. The van der Waals surface area contributed by atoms with Crippen LogP contribution in [0.4, 0.5) is 17.2 Å². The fourth-order valence-corrected chi connectivity index (χ4v) is 4.12. The first kappa shape index (κ1) is 26.0. The van der Waals surface area contributed by atoms with Crippen molar-refractivity contribution < 1.29 is 23.9 Å². The molecule has 3 aromatic rings. The van der Waals surface area contributed by atoms with E-state index < -0.39 is 5.91 Å². The van der Waals surface area contributed by atoms with Crippen molar-refractivity contribution in [3.8, 4) is 17.0 Å². The number of nitrogens with one attached hydrogen (secondary N) is 3. The predicted molar refractivity (Wildman–Crippen MR) is 141 cm³/mol. The molecule has 1 aliphatic carbocycles. The zero-order chi connectivity index (χ0) is 27.4. The van der Waals surface area contributed by atoms with Crippen LogP contribution in [-0.2, 0) is 9.53 Å². The monoisotopic (exact) mass is 532 g/mol. The molecule has 3 N–H and O–H groups in total. The average molecular weight is 533 g/mol. The van der Waals surface area contributed by atoms with Crippen molar-refractivity contribution in [2.24, 2.45) is 5.92 Å². The van der Waals surface area contributed by atoms with Crippen LogP contribution in [0, 0.1) is 5.92 Å². The molecule has 13 nitrogen and oxygen atoms in total. The summed E-state index contributed by atoms with van der Waals surface area (Å²) in [4.78, 5) is 48.0. The average Bonchev–Trinajstić information content (AvgIpc) is 3.83. The molecule has 0 radical (unpaired) electrons. The maximum atomic E-state index is 12.7. The Bertz CT molecular complexity index is 1390. The van der Waals surface area contributed by atoms with Crippen molar-refractivity contribution in [1.82, 2.24) is 30.4 Å². The van der Waals surface area contributed by atoms with E-state index in [1.165, 1.54) is 26.6 Å². The van der Waals surface area contributed by atoms with Gasteiger partial charge in [0, 0.05) is 37.7 Å². The first-order valence-corrected chi connectivity index (χ1v) is 12.5. The van der Waals surface area contributed by atoms with Crippen molar-refractivity contribution in [1.29, 1.82) is 0 Å². The molecule has 3 heterocycles. The Morgan fingerprint density at radius 2 is 1.85 bits per heavy atom. The van der Waals surface area contributed by atoms with Crippen LogP contribution < -0.4 is 20.7 Å². The molecule has 202 valence electrons. The topological polar surface area (TPSA) is 161 Å². The summed E-state index contributed by atoms with van der Waals surface area (Å²) in [5.41, 5.74) is 2.23. The molecule has 39 heavy (non-hydrogen) atoms. The Balaban J connectivity index is 1.43. The van der Waals surface area contributed by atoms with Crippen molar-refractivity contribution in [2.45, 2.75) is 12.8 Å². The number of amides is 3. The van der Waals surface area contributed by atoms with Gasteiger partial charge >= 0.3 is 0 Å². The van der Waals surface area contributed by atoms with Gasteiger partial charge in [-0.1, -0.05) is 6.07 Å². The van der Waals surface area contributed by atoms with Crippen molar-refractivity contribution >= 4 is 34.9 Å². The Hall–Kier alpha value is -4.65. The number of carbonyl (C=O) groups is 3. The van der Waals surface area contributed by atoms with E-state index in [9.17, 15) is 14.4 Å². The van der Waals surface area contributed by atoms with Crippen LogP contribution in [-0.4, -0.2) is 83.2 Å². The van der Waals surface area contributed by atoms with Gasteiger partial charge in [-0.05, 0) is 25.0 Å². The molecule has 0 atom stereocenters. The van der Waals surface area contributed by atoms with Gasteiger partial charge in [0.2, 0.25) is 5.91 Å². The van der Waals surface area contributed by atoms with E-state index in [2.05, 4.69) is 36.1 Å². The highest BCUT2D eigenvalue weighted by Gasteiger charge is 2.30. The molecule has 1 aromatic carbocycles. The smallest absolute Gasteiger partial charge is 0.274 e. The summed E-state index contributed by atoms with van der Waals surface area (Å²) in [5.74, 6) is -0.138. The number of benzene rings is 1. The van der Waals surface area contributed by atoms with Gasteiger partial charge in [0.15, 0.2) is 17.3 Å². The number of hydrogen-bond donors (Lipinski definition) is 3. The van der Waals surface area contributed by atoms with Gasteiger partial charge in [-0.15, -0.1) is 10.2 Å². The fourth-order valence-electron chi connectivity index (χ4n) is 4.12. The summed E-state index contributed by atoms with van der Waals surface area (Å²) in [5, 5.41) is 16.5. The van der Waals surface area contributed by atoms with E-state index >= 15 is 0 Å². The number of aromatic nitrogens is 4. The van der Waals surface area contributed by atoms with Gasteiger partial charge in [0.25, 0.3) is 11.8 Å². The Kier molecular flexibility index (Phi) is 7.59. The van der Waals surface area contributed by atoms with Crippen LogP contribution in [0.25, 0.3) is 11.3 Å². The molecule has 1 saturated heterocycles. The van der Waals surface area contributed by atoms with Gasteiger partial charge < -0.3 is 30.3 Å². The van der Waals surface area contributed by atoms with Crippen LogP contribution in [0.5, 0.6) is 5.75 Å². The lowest BCUT2D eigenvalue weighted by Gasteiger charge is -2.26. The van der Waals surface area contributed by atoms with Crippen LogP contribution in [0.15, 0.2) is 36.7 Å². The number of methoxy groups -OCH3 is 1. The molecule has 3 amide bonds. The summed E-state index contributed by atoms with van der Waals surface area (Å²) >= 11 is 0. The largest absolute Gasteiger partial charge is 0.494 e. The molecule has 0 bridgehead atoms. The van der Waals surface area contributed by atoms with E-state index in [-0.39, 0.29) is 34.9 Å². The van der Waals surface area contributed by atoms with E-state index in [1.807, 2.05) is 6.07 Å². The standard InChI is InChI=1S/C26H28N8O5/c1-27-25(36)22-18(12-21(32-33-22)31-24(35)15-6-7-15)30-17-5-3-4-16(23(17)38-2)19-13-29-20(14-28-19)26(37)34-8-10-39-11-9-34/h3-5,12-15H,6-11H2,1-2H3,(H,27,36)(H2,30,31,32,35). The van der Waals surface area contributed by atoms with Gasteiger partial charge in [-0.3, -0.25) is 19.4 Å². The first-order chi connectivity index (χ1) is 19.0. The molecular weight excluding hydrogens is 504 g/mol. The highest BCUT2D eigenvalue weighted by atomic mass is 16.5. The van der Waals surface area contributed by atoms with Crippen molar-refractivity contribution in [2.75, 3.05) is 51.1 Å². The minimum atomic E-state index is -0.452. The van der Waals surface area contributed by atoms with Crippen LogP contribution in [0.3, 0.4) is 0 Å². The van der Waals surface area contributed by atoms with Crippen LogP contribution in [0.1, 0.15) is 33.8 Å². The number of morpholine rings is 1. The zero-order valence-corrected chi connectivity index (χ0v) is 21.6. The lowest BCUT2D eigenvalue weighted by atomic mass is 10.1. The van der Waals surface area contributed by atoms with E-state index in [0.29, 0.717) is 54.7 Å². The fraction of sp³-hybridized carbons (Fsp3) is 0.346. The molecule has 2 fully saturated rings. The minimum absolute atomic E-state index is 0.0183. The SMILES string of the molecule is CNC(=O)c1nnc(NC(=O)C2CC2)cc1Nc1cccc(-c2cnc(C(=O)N3CCOCC3)cn2)c1OC. The molecule has 5 rings (SSSR count). The third kappa shape index (κ3) is 5.77. The second-order valence-electron chi connectivity index (χ2n) is 9.04. The number of carbonyl (C=O) groups excluding carboxylic acids is 3. The van der Waals surface area contributed by atoms with Gasteiger partial charge in [0.1, 0.15) is 5.69 Å². The van der Waals surface area contributed by atoms with Crippen LogP contribution >= 0.6 is 0 Å². The lowest BCUT2D eigenvalue weighted by molar-refractivity contribution is -0.117. The Labute approximate surface area is 224 Å². The predicted octanol–water partition coefficient (Wildman–Crippen LogP) is 1.87. The van der Waals surface area contributed by atoms with E-state index in [0.717, 1.165) is 12.8 Å². The van der Waals surface area contributed by atoms with E-state index in [4.69, 9.17) is 9.47 Å².